The van der Waals surface area contributed by atoms with Crippen LogP contribution in [-0.2, 0) is 6.42 Å². The first-order valence-corrected chi connectivity index (χ1v) is 6.52. The van der Waals surface area contributed by atoms with Gasteiger partial charge in [-0.3, -0.25) is 5.32 Å². The van der Waals surface area contributed by atoms with Gasteiger partial charge in [0, 0.05) is 18.8 Å². The highest BCUT2D eigenvalue weighted by atomic mass is 16.5. The van der Waals surface area contributed by atoms with Crippen LogP contribution >= 0.6 is 0 Å². The number of ether oxygens (including phenoxy) is 2. The molecule has 3 N–H and O–H groups in total. The second-order valence-corrected chi connectivity index (χ2v) is 4.22. The Hall–Kier alpha value is -1.26. The Kier molecular flexibility index (Phi) is 6.54. The van der Waals surface area contributed by atoms with Crippen LogP contribution < -0.4 is 20.5 Å². The Bertz CT molecular complexity index is 356. The number of hydrogen-bond acceptors (Lipinski definition) is 4. The minimum Gasteiger partial charge on any atom is -0.494 e. The predicted octanol–water partition coefficient (Wildman–Crippen LogP) is 1.92. The molecule has 0 radical (unpaired) electrons. The number of benzene rings is 1. The quantitative estimate of drug-likeness (QED) is 0.694. The van der Waals surface area contributed by atoms with E-state index in [4.69, 9.17) is 15.2 Å². The zero-order valence-corrected chi connectivity index (χ0v) is 11.5. The van der Waals surface area contributed by atoms with E-state index in [1.54, 1.807) is 0 Å². The van der Waals surface area contributed by atoms with E-state index >= 15 is 0 Å². The number of nitrogens with one attached hydrogen (secondary N) is 1. The molecule has 0 heterocycles. The van der Waals surface area contributed by atoms with Crippen molar-refractivity contribution in [1.82, 2.24) is 5.32 Å². The van der Waals surface area contributed by atoms with Crippen molar-refractivity contribution < 1.29 is 9.47 Å². The molecule has 0 amide bonds. The highest BCUT2D eigenvalue weighted by Gasteiger charge is 2.04. The lowest BCUT2D eigenvalue weighted by Gasteiger charge is -2.15. The molecule has 0 saturated carbocycles. The first kappa shape index (κ1) is 14.8. The van der Waals surface area contributed by atoms with Crippen molar-refractivity contribution in [2.45, 2.75) is 33.2 Å². The standard InChI is InChI=1S/C14H24N2O2/c1-4-12-6-13(17-5-2)8-14(7-12)18-9-11(3)16-10-15/h6-8,11,16H,4-5,9-10,15H2,1-3H3. The fourth-order valence-corrected chi connectivity index (χ4v) is 1.65. The average Bonchev–Trinajstić information content (AvgIpc) is 2.37. The average molecular weight is 252 g/mol. The number of nitrogens with two attached hydrogens (primary N) is 1. The lowest BCUT2D eigenvalue weighted by atomic mass is 10.1. The third-order valence-electron chi connectivity index (χ3n) is 2.63. The third kappa shape index (κ3) is 4.94. The monoisotopic (exact) mass is 252 g/mol. The molecular formula is C14H24N2O2. The summed E-state index contributed by atoms with van der Waals surface area (Å²) < 4.78 is 11.3. The third-order valence-corrected chi connectivity index (χ3v) is 2.63. The van der Waals surface area contributed by atoms with Crippen LogP contribution in [0.2, 0.25) is 0 Å². The Labute approximate surface area is 109 Å². The van der Waals surface area contributed by atoms with Crippen molar-refractivity contribution in [2.24, 2.45) is 5.73 Å². The molecule has 0 aromatic heterocycles. The molecular weight excluding hydrogens is 228 g/mol. The van der Waals surface area contributed by atoms with E-state index in [2.05, 4.69) is 24.4 Å². The van der Waals surface area contributed by atoms with E-state index in [1.165, 1.54) is 5.56 Å². The zero-order chi connectivity index (χ0) is 13.4. The van der Waals surface area contributed by atoms with E-state index in [0.717, 1.165) is 17.9 Å². The molecule has 0 aliphatic carbocycles. The van der Waals surface area contributed by atoms with Gasteiger partial charge in [-0.25, -0.2) is 0 Å². The van der Waals surface area contributed by atoms with Crippen LogP contribution in [0.1, 0.15) is 26.3 Å². The van der Waals surface area contributed by atoms with Crippen LogP contribution in [-0.4, -0.2) is 25.9 Å². The molecule has 4 heteroatoms. The van der Waals surface area contributed by atoms with Gasteiger partial charge in [0.1, 0.15) is 18.1 Å². The van der Waals surface area contributed by atoms with Crippen LogP contribution in [0.15, 0.2) is 18.2 Å². The summed E-state index contributed by atoms with van der Waals surface area (Å²) in [5.41, 5.74) is 6.64. The molecule has 0 fully saturated rings. The number of rotatable bonds is 8. The molecule has 1 aromatic carbocycles. The summed E-state index contributed by atoms with van der Waals surface area (Å²) in [6.07, 6.45) is 0.966. The molecule has 102 valence electrons. The number of aryl methyl sites for hydroxylation is 1. The van der Waals surface area contributed by atoms with Crippen LogP contribution in [0.5, 0.6) is 11.5 Å². The van der Waals surface area contributed by atoms with Gasteiger partial charge in [-0.05, 0) is 38.0 Å². The predicted molar refractivity (Wildman–Crippen MR) is 74.1 cm³/mol. The van der Waals surface area contributed by atoms with Crippen LogP contribution in [0, 0.1) is 0 Å². The summed E-state index contributed by atoms with van der Waals surface area (Å²) in [6.45, 7) is 7.86. The summed E-state index contributed by atoms with van der Waals surface area (Å²) in [5.74, 6) is 1.72. The maximum atomic E-state index is 5.75. The SMILES string of the molecule is CCOc1cc(CC)cc(OCC(C)NCN)c1. The van der Waals surface area contributed by atoms with Gasteiger partial charge in [0.05, 0.1) is 6.61 Å². The molecule has 1 atom stereocenters. The van der Waals surface area contributed by atoms with E-state index in [1.807, 2.05) is 19.9 Å². The van der Waals surface area contributed by atoms with Crippen molar-refractivity contribution in [1.29, 1.82) is 0 Å². The van der Waals surface area contributed by atoms with Gasteiger partial charge in [-0.2, -0.15) is 0 Å². The molecule has 0 aliphatic rings. The molecule has 1 unspecified atom stereocenters. The van der Waals surface area contributed by atoms with Crippen molar-refractivity contribution in [3.05, 3.63) is 23.8 Å². The van der Waals surface area contributed by atoms with Gasteiger partial charge < -0.3 is 15.2 Å². The fourth-order valence-electron chi connectivity index (χ4n) is 1.65. The van der Waals surface area contributed by atoms with Gasteiger partial charge in [-0.15, -0.1) is 0 Å². The highest BCUT2D eigenvalue weighted by molar-refractivity contribution is 5.38. The van der Waals surface area contributed by atoms with E-state index in [0.29, 0.717) is 19.9 Å². The normalized spacial score (nSPS) is 12.2. The van der Waals surface area contributed by atoms with Crippen molar-refractivity contribution >= 4 is 0 Å². The molecule has 1 rings (SSSR count). The Morgan fingerprint density at radius 1 is 1.17 bits per heavy atom. The van der Waals surface area contributed by atoms with Crippen LogP contribution in [0.25, 0.3) is 0 Å². The second-order valence-electron chi connectivity index (χ2n) is 4.22. The summed E-state index contributed by atoms with van der Waals surface area (Å²) in [6, 6.07) is 6.27. The lowest BCUT2D eigenvalue weighted by molar-refractivity contribution is 0.271. The molecule has 18 heavy (non-hydrogen) atoms. The molecule has 0 aliphatic heterocycles. The lowest BCUT2D eigenvalue weighted by Crippen LogP contribution is -2.35. The summed E-state index contributed by atoms with van der Waals surface area (Å²) >= 11 is 0. The van der Waals surface area contributed by atoms with Crippen LogP contribution in [0.3, 0.4) is 0 Å². The molecule has 1 aromatic rings. The summed E-state index contributed by atoms with van der Waals surface area (Å²) in [5, 5.41) is 3.11. The maximum Gasteiger partial charge on any atom is 0.123 e. The van der Waals surface area contributed by atoms with E-state index < -0.39 is 0 Å². The van der Waals surface area contributed by atoms with Gasteiger partial charge >= 0.3 is 0 Å². The molecule has 4 nitrogen and oxygen atoms in total. The smallest absolute Gasteiger partial charge is 0.123 e. The Morgan fingerprint density at radius 3 is 2.39 bits per heavy atom. The first-order chi connectivity index (χ1) is 8.69. The van der Waals surface area contributed by atoms with Crippen molar-refractivity contribution in [3.63, 3.8) is 0 Å². The second kappa shape index (κ2) is 7.95. The topological polar surface area (TPSA) is 56.5 Å². The largest absolute Gasteiger partial charge is 0.494 e. The minimum absolute atomic E-state index is 0.232. The van der Waals surface area contributed by atoms with E-state index in [-0.39, 0.29) is 6.04 Å². The molecule has 0 saturated heterocycles. The Morgan fingerprint density at radius 2 is 1.83 bits per heavy atom. The van der Waals surface area contributed by atoms with E-state index in [9.17, 15) is 0 Å². The highest BCUT2D eigenvalue weighted by Crippen LogP contribution is 2.23. The summed E-state index contributed by atoms with van der Waals surface area (Å²) in [7, 11) is 0. The minimum atomic E-state index is 0.232. The molecule has 0 bridgehead atoms. The Balaban J connectivity index is 2.65. The van der Waals surface area contributed by atoms with Gasteiger partial charge in [0.25, 0.3) is 0 Å². The first-order valence-electron chi connectivity index (χ1n) is 6.52. The zero-order valence-electron chi connectivity index (χ0n) is 11.5. The van der Waals surface area contributed by atoms with Gasteiger partial charge in [0.15, 0.2) is 0 Å². The van der Waals surface area contributed by atoms with Gasteiger partial charge in [-0.1, -0.05) is 6.92 Å². The van der Waals surface area contributed by atoms with Crippen molar-refractivity contribution in [2.75, 3.05) is 19.9 Å². The fraction of sp³-hybridized carbons (Fsp3) is 0.571. The number of hydrogen-bond donors (Lipinski definition) is 2. The van der Waals surface area contributed by atoms with Gasteiger partial charge in [0.2, 0.25) is 0 Å². The molecule has 0 spiro atoms. The maximum absolute atomic E-state index is 5.75. The summed E-state index contributed by atoms with van der Waals surface area (Å²) in [4.78, 5) is 0. The van der Waals surface area contributed by atoms with Crippen LogP contribution in [0.4, 0.5) is 0 Å². The van der Waals surface area contributed by atoms with Crippen molar-refractivity contribution in [3.8, 4) is 11.5 Å².